The van der Waals surface area contributed by atoms with Crippen molar-refractivity contribution in [1.82, 2.24) is 15.5 Å². The molecule has 1 aromatic heterocycles. The van der Waals surface area contributed by atoms with Gasteiger partial charge in [-0.2, -0.15) is 5.10 Å². The zero-order valence-corrected chi connectivity index (χ0v) is 12.2. The van der Waals surface area contributed by atoms with Crippen molar-refractivity contribution in [3.8, 4) is 0 Å². The lowest BCUT2D eigenvalue weighted by Crippen LogP contribution is -2.18. The third-order valence-corrected chi connectivity index (χ3v) is 3.44. The van der Waals surface area contributed by atoms with E-state index in [0.717, 1.165) is 6.54 Å². The van der Waals surface area contributed by atoms with Gasteiger partial charge in [0.1, 0.15) is 0 Å². The molecule has 0 amide bonds. The van der Waals surface area contributed by atoms with Crippen molar-refractivity contribution in [3.63, 3.8) is 0 Å². The van der Waals surface area contributed by atoms with E-state index in [1.807, 2.05) is 12.4 Å². The van der Waals surface area contributed by atoms with Crippen LogP contribution in [0.2, 0.25) is 0 Å². The van der Waals surface area contributed by atoms with Crippen molar-refractivity contribution in [2.75, 3.05) is 0 Å². The summed E-state index contributed by atoms with van der Waals surface area (Å²) in [6.07, 6.45) is 3.77. The van der Waals surface area contributed by atoms with E-state index in [0.29, 0.717) is 6.04 Å². The second kappa shape index (κ2) is 5.57. The van der Waals surface area contributed by atoms with E-state index in [1.165, 1.54) is 16.7 Å². The highest BCUT2D eigenvalue weighted by Gasteiger charge is 2.13. The molecule has 2 aromatic rings. The lowest BCUT2D eigenvalue weighted by atomic mass is 9.86. The minimum Gasteiger partial charge on any atom is -0.306 e. The first kappa shape index (κ1) is 13.8. The average molecular weight is 257 g/mol. The average Bonchev–Trinajstić information content (AvgIpc) is 2.88. The number of aromatic amines is 1. The largest absolute Gasteiger partial charge is 0.306 e. The minimum absolute atomic E-state index is 0.214. The van der Waals surface area contributed by atoms with Gasteiger partial charge in [0.05, 0.1) is 6.20 Å². The Morgan fingerprint density at radius 2 is 1.89 bits per heavy atom. The highest BCUT2D eigenvalue weighted by atomic mass is 15.1. The zero-order chi connectivity index (χ0) is 13.9. The number of aromatic nitrogens is 2. The number of H-pyrrole nitrogens is 1. The molecule has 102 valence electrons. The van der Waals surface area contributed by atoms with Gasteiger partial charge in [-0.1, -0.05) is 45.0 Å². The molecule has 0 aliphatic carbocycles. The van der Waals surface area contributed by atoms with Gasteiger partial charge in [0.15, 0.2) is 0 Å². The number of nitrogens with one attached hydrogen (secondary N) is 2. The highest BCUT2D eigenvalue weighted by molar-refractivity contribution is 5.29. The van der Waals surface area contributed by atoms with Crippen LogP contribution in [0.3, 0.4) is 0 Å². The van der Waals surface area contributed by atoms with Gasteiger partial charge in [0, 0.05) is 24.3 Å². The van der Waals surface area contributed by atoms with Gasteiger partial charge >= 0.3 is 0 Å². The molecule has 0 aliphatic heterocycles. The third kappa shape index (κ3) is 3.67. The monoisotopic (exact) mass is 257 g/mol. The van der Waals surface area contributed by atoms with Crippen molar-refractivity contribution < 1.29 is 0 Å². The predicted molar refractivity (Wildman–Crippen MR) is 79.0 cm³/mol. The smallest absolute Gasteiger partial charge is 0.0532 e. The molecule has 19 heavy (non-hydrogen) atoms. The van der Waals surface area contributed by atoms with Crippen molar-refractivity contribution in [2.24, 2.45) is 0 Å². The van der Waals surface area contributed by atoms with Crippen molar-refractivity contribution in [2.45, 2.75) is 45.7 Å². The normalized spacial score (nSPS) is 13.5. The lowest BCUT2D eigenvalue weighted by molar-refractivity contribution is 0.569. The summed E-state index contributed by atoms with van der Waals surface area (Å²) in [7, 11) is 0. The van der Waals surface area contributed by atoms with E-state index in [4.69, 9.17) is 0 Å². The molecule has 0 radical (unpaired) electrons. The maximum atomic E-state index is 3.95. The Bertz CT molecular complexity index is 492. The summed E-state index contributed by atoms with van der Waals surface area (Å²) in [4.78, 5) is 0. The maximum absolute atomic E-state index is 3.95. The Balaban J connectivity index is 1.97. The van der Waals surface area contributed by atoms with Crippen molar-refractivity contribution >= 4 is 0 Å². The van der Waals surface area contributed by atoms with E-state index in [9.17, 15) is 0 Å². The molecule has 1 aromatic carbocycles. The van der Waals surface area contributed by atoms with E-state index in [2.05, 4.69) is 67.5 Å². The fourth-order valence-electron chi connectivity index (χ4n) is 2.03. The Labute approximate surface area is 115 Å². The molecular formula is C16H23N3. The molecule has 0 saturated heterocycles. The van der Waals surface area contributed by atoms with Gasteiger partial charge in [-0.05, 0) is 23.5 Å². The van der Waals surface area contributed by atoms with Crippen LogP contribution in [-0.2, 0) is 12.0 Å². The number of hydrogen-bond acceptors (Lipinski definition) is 2. The van der Waals surface area contributed by atoms with Crippen LogP contribution in [0.15, 0.2) is 36.7 Å². The molecule has 3 nitrogen and oxygen atoms in total. The van der Waals surface area contributed by atoms with E-state index in [1.54, 1.807) is 0 Å². The van der Waals surface area contributed by atoms with Gasteiger partial charge in [-0.3, -0.25) is 5.10 Å². The van der Waals surface area contributed by atoms with Crippen molar-refractivity contribution in [1.29, 1.82) is 0 Å². The topological polar surface area (TPSA) is 40.7 Å². The number of benzene rings is 1. The fourth-order valence-corrected chi connectivity index (χ4v) is 2.03. The molecule has 0 bridgehead atoms. The van der Waals surface area contributed by atoms with Gasteiger partial charge in [-0.25, -0.2) is 0 Å². The second-order valence-corrected chi connectivity index (χ2v) is 6.08. The number of rotatable bonds is 4. The SMILES string of the molecule is CC(NCc1cn[nH]c1)c1ccc(C(C)(C)C)cc1. The molecular weight excluding hydrogens is 234 g/mol. The summed E-state index contributed by atoms with van der Waals surface area (Å²) in [6, 6.07) is 9.22. The predicted octanol–water partition coefficient (Wildman–Crippen LogP) is 3.56. The van der Waals surface area contributed by atoms with Crippen molar-refractivity contribution in [3.05, 3.63) is 53.3 Å². The van der Waals surface area contributed by atoms with Crippen LogP contribution in [0.4, 0.5) is 0 Å². The maximum Gasteiger partial charge on any atom is 0.0532 e. The van der Waals surface area contributed by atoms with Crippen LogP contribution >= 0.6 is 0 Å². The summed E-state index contributed by atoms with van der Waals surface area (Å²) >= 11 is 0. The van der Waals surface area contributed by atoms with Gasteiger partial charge < -0.3 is 5.32 Å². The molecule has 1 unspecified atom stereocenters. The van der Waals surface area contributed by atoms with Crippen LogP contribution in [-0.4, -0.2) is 10.2 Å². The molecule has 0 spiro atoms. The van der Waals surface area contributed by atoms with Gasteiger partial charge in [0.25, 0.3) is 0 Å². The van der Waals surface area contributed by atoms with Crippen LogP contribution in [0.1, 0.15) is 50.4 Å². The van der Waals surface area contributed by atoms with Crippen LogP contribution in [0, 0.1) is 0 Å². The lowest BCUT2D eigenvalue weighted by Gasteiger charge is -2.20. The Kier molecular flexibility index (Phi) is 4.05. The standard InChI is InChI=1S/C16H23N3/c1-12(17-9-13-10-18-19-11-13)14-5-7-15(8-6-14)16(2,3)4/h5-8,10-12,17H,9H2,1-4H3,(H,18,19). The summed E-state index contributed by atoms with van der Waals surface area (Å²) in [6.45, 7) is 9.73. The Hall–Kier alpha value is -1.61. The molecule has 2 rings (SSSR count). The van der Waals surface area contributed by atoms with Crippen LogP contribution in [0.5, 0.6) is 0 Å². The van der Waals surface area contributed by atoms with Crippen LogP contribution < -0.4 is 5.32 Å². The molecule has 1 heterocycles. The Morgan fingerprint density at radius 1 is 1.21 bits per heavy atom. The molecule has 2 N–H and O–H groups in total. The summed E-state index contributed by atoms with van der Waals surface area (Å²) in [5.41, 5.74) is 4.08. The highest BCUT2D eigenvalue weighted by Crippen LogP contribution is 2.23. The number of nitrogens with zero attached hydrogens (tertiary/aromatic N) is 1. The van der Waals surface area contributed by atoms with Gasteiger partial charge in [-0.15, -0.1) is 0 Å². The summed E-state index contributed by atoms with van der Waals surface area (Å²) < 4.78 is 0. The minimum atomic E-state index is 0.214. The first-order valence-corrected chi connectivity index (χ1v) is 6.78. The zero-order valence-electron chi connectivity index (χ0n) is 12.2. The first-order chi connectivity index (χ1) is 8.97. The van der Waals surface area contributed by atoms with Gasteiger partial charge in [0.2, 0.25) is 0 Å². The Morgan fingerprint density at radius 3 is 2.42 bits per heavy atom. The van der Waals surface area contributed by atoms with Crippen LogP contribution in [0.25, 0.3) is 0 Å². The summed E-state index contributed by atoms with van der Waals surface area (Å²) in [5, 5.41) is 10.3. The molecule has 0 fully saturated rings. The number of hydrogen-bond donors (Lipinski definition) is 2. The molecule has 0 aliphatic rings. The first-order valence-electron chi connectivity index (χ1n) is 6.78. The summed E-state index contributed by atoms with van der Waals surface area (Å²) in [5.74, 6) is 0. The fraction of sp³-hybridized carbons (Fsp3) is 0.438. The molecule has 1 atom stereocenters. The molecule has 0 saturated carbocycles. The van der Waals surface area contributed by atoms with E-state index in [-0.39, 0.29) is 5.41 Å². The van der Waals surface area contributed by atoms with E-state index < -0.39 is 0 Å². The third-order valence-electron chi connectivity index (χ3n) is 3.44. The second-order valence-electron chi connectivity index (χ2n) is 6.08. The quantitative estimate of drug-likeness (QED) is 0.879. The molecule has 3 heteroatoms. The van der Waals surface area contributed by atoms with E-state index >= 15 is 0 Å².